The average molecular weight is 327 g/mol. The number of hydrogen-bond donors (Lipinski definition) is 1. The van der Waals surface area contributed by atoms with Crippen LogP contribution in [0.5, 0.6) is 5.75 Å². The molecule has 1 N–H and O–H groups in total. The third-order valence-corrected chi connectivity index (χ3v) is 6.23. The molecule has 0 aromatic heterocycles. The fourth-order valence-corrected chi connectivity index (χ4v) is 4.84. The van der Waals surface area contributed by atoms with E-state index >= 15 is 0 Å². The Morgan fingerprint density at radius 1 is 1.17 bits per heavy atom. The van der Waals surface area contributed by atoms with Gasteiger partial charge in [0.05, 0.1) is 4.90 Å². The number of carbonyl (C=O) groups is 1. The summed E-state index contributed by atoms with van der Waals surface area (Å²) < 4.78 is 30.1. The number of benzene rings is 2. The maximum absolute atomic E-state index is 12.7. The molecule has 3 aliphatic heterocycles. The van der Waals surface area contributed by atoms with E-state index in [4.69, 9.17) is 4.74 Å². The molecule has 3 aliphatic rings. The molecule has 3 heterocycles. The van der Waals surface area contributed by atoms with Gasteiger partial charge >= 0.3 is 0 Å². The van der Waals surface area contributed by atoms with Gasteiger partial charge in [-0.3, -0.25) is 4.79 Å². The Labute approximate surface area is 134 Å². The molecule has 116 valence electrons. The first-order valence-corrected chi connectivity index (χ1v) is 8.72. The van der Waals surface area contributed by atoms with E-state index in [-0.39, 0.29) is 18.8 Å². The lowest BCUT2D eigenvalue weighted by atomic mass is 9.77. The highest BCUT2D eigenvalue weighted by Crippen LogP contribution is 2.51. The molecule has 1 unspecified atom stereocenters. The zero-order valence-corrected chi connectivity index (χ0v) is 12.7. The van der Waals surface area contributed by atoms with Crippen LogP contribution in [0.2, 0.25) is 0 Å². The highest BCUT2D eigenvalue weighted by molar-refractivity contribution is 7.94. The molecule has 2 aromatic rings. The van der Waals surface area contributed by atoms with Crippen molar-refractivity contribution in [2.24, 2.45) is 0 Å². The summed E-state index contributed by atoms with van der Waals surface area (Å²) in [7, 11) is -3.44. The molecule has 5 rings (SSSR count). The second-order valence-electron chi connectivity index (χ2n) is 5.93. The monoisotopic (exact) mass is 327 g/mol. The third kappa shape index (κ3) is 1.42. The standard InChI is InChI=1S/C17H11NO4S.H2/c19-16-17(11-3-1-2-4-13(11)18-16)9-22-14-7-10-5-6-23(20,21)15(10)8-12(14)17;/h1-8H,9H2,(H,18,19);1H. The predicted octanol–water partition coefficient (Wildman–Crippen LogP) is 2.32. The van der Waals surface area contributed by atoms with Gasteiger partial charge in [0.25, 0.3) is 0 Å². The van der Waals surface area contributed by atoms with Crippen molar-refractivity contribution in [1.29, 1.82) is 0 Å². The van der Waals surface area contributed by atoms with Crippen LogP contribution < -0.4 is 10.1 Å². The Kier molecular flexibility index (Phi) is 2.15. The van der Waals surface area contributed by atoms with Crippen LogP contribution in [0.4, 0.5) is 5.69 Å². The van der Waals surface area contributed by atoms with Crippen LogP contribution >= 0.6 is 0 Å². The molecule has 1 spiro atoms. The highest BCUT2D eigenvalue weighted by Gasteiger charge is 2.54. The number of para-hydroxylation sites is 1. The van der Waals surface area contributed by atoms with Crippen molar-refractivity contribution in [1.82, 2.24) is 0 Å². The third-order valence-electron chi connectivity index (χ3n) is 4.77. The predicted molar refractivity (Wildman–Crippen MR) is 86.1 cm³/mol. The summed E-state index contributed by atoms with van der Waals surface area (Å²) in [5.74, 6) is 0.387. The smallest absolute Gasteiger partial charge is 0.243 e. The van der Waals surface area contributed by atoms with Crippen molar-refractivity contribution in [2.45, 2.75) is 10.3 Å². The molecule has 23 heavy (non-hydrogen) atoms. The molecule has 1 atom stereocenters. The van der Waals surface area contributed by atoms with Crippen molar-refractivity contribution in [3.8, 4) is 5.75 Å². The first kappa shape index (κ1) is 12.9. The van der Waals surface area contributed by atoms with Crippen LogP contribution in [-0.4, -0.2) is 20.9 Å². The lowest BCUT2D eigenvalue weighted by Crippen LogP contribution is -2.37. The molecule has 5 nitrogen and oxygen atoms in total. The van der Waals surface area contributed by atoms with Crippen LogP contribution in [-0.2, 0) is 20.0 Å². The van der Waals surface area contributed by atoms with Crippen LogP contribution in [0.25, 0.3) is 6.08 Å². The molecule has 0 saturated heterocycles. The molecule has 0 radical (unpaired) electrons. The fraction of sp³-hybridized carbons (Fsp3) is 0.118. The first-order chi connectivity index (χ1) is 11.0. The summed E-state index contributed by atoms with van der Waals surface area (Å²) in [6, 6.07) is 10.7. The number of nitrogens with one attached hydrogen (secondary N) is 1. The summed E-state index contributed by atoms with van der Waals surface area (Å²) in [5, 5.41) is 4.06. The Bertz CT molecular complexity index is 1040. The molecule has 0 aliphatic carbocycles. The molecular weight excluding hydrogens is 314 g/mol. The molecule has 6 heteroatoms. The normalized spacial score (nSPS) is 25.0. The average Bonchev–Trinajstić information content (AvgIpc) is 3.14. The Balaban J connectivity index is 0.00000146. The van der Waals surface area contributed by atoms with Gasteiger partial charge in [0.2, 0.25) is 5.91 Å². The summed E-state index contributed by atoms with van der Waals surface area (Å²) in [5.41, 5.74) is 1.82. The minimum Gasteiger partial charge on any atom is -0.491 e. The topological polar surface area (TPSA) is 72.5 Å². The number of ether oxygens (including phenoxy) is 1. The summed E-state index contributed by atoms with van der Waals surface area (Å²) in [6.07, 6.45) is 1.56. The molecule has 2 aromatic carbocycles. The number of amides is 1. The minimum atomic E-state index is -3.44. The Morgan fingerprint density at radius 3 is 2.87 bits per heavy atom. The number of carbonyl (C=O) groups excluding carboxylic acids is 1. The molecule has 1 amide bonds. The van der Waals surface area contributed by atoms with Gasteiger partial charge in [0.15, 0.2) is 9.84 Å². The van der Waals surface area contributed by atoms with Crippen molar-refractivity contribution >= 4 is 27.5 Å². The van der Waals surface area contributed by atoms with Gasteiger partial charge in [-0.05, 0) is 35.4 Å². The van der Waals surface area contributed by atoms with Crippen molar-refractivity contribution in [3.05, 3.63) is 58.5 Å². The lowest BCUT2D eigenvalue weighted by Gasteiger charge is -2.20. The maximum atomic E-state index is 12.7. The van der Waals surface area contributed by atoms with Crippen LogP contribution in [0.3, 0.4) is 0 Å². The van der Waals surface area contributed by atoms with Crippen molar-refractivity contribution < 1.29 is 19.4 Å². The number of anilines is 1. The van der Waals surface area contributed by atoms with Gasteiger partial charge in [-0.1, -0.05) is 18.2 Å². The van der Waals surface area contributed by atoms with Crippen LogP contribution in [0, 0.1) is 0 Å². The van der Waals surface area contributed by atoms with E-state index in [9.17, 15) is 13.2 Å². The Hall–Kier alpha value is -2.60. The SMILES string of the molecule is O=C1Nc2ccccc2C12COc1cc3c(cc12)S(=O)(=O)C=C3.[HH]. The van der Waals surface area contributed by atoms with E-state index in [1.54, 1.807) is 18.2 Å². The lowest BCUT2D eigenvalue weighted by molar-refractivity contribution is -0.119. The van der Waals surface area contributed by atoms with E-state index in [2.05, 4.69) is 5.32 Å². The van der Waals surface area contributed by atoms with Gasteiger partial charge in [-0.2, -0.15) is 0 Å². The van der Waals surface area contributed by atoms with E-state index in [0.29, 0.717) is 16.9 Å². The largest absolute Gasteiger partial charge is 0.491 e. The van der Waals surface area contributed by atoms with Crippen LogP contribution in [0.15, 0.2) is 46.7 Å². The highest BCUT2D eigenvalue weighted by atomic mass is 32.2. The summed E-state index contributed by atoms with van der Waals surface area (Å²) in [6.45, 7) is 0.178. The number of sulfone groups is 1. The fourth-order valence-electron chi connectivity index (χ4n) is 3.63. The van der Waals surface area contributed by atoms with E-state index in [0.717, 1.165) is 11.3 Å². The van der Waals surface area contributed by atoms with Gasteiger partial charge in [-0.15, -0.1) is 0 Å². The second kappa shape index (κ2) is 3.83. The maximum Gasteiger partial charge on any atom is 0.243 e. The second-order valence-corrected chi connectivity index (χ2v) is 7.73. The minimum absolute atomic E-state index is 0. The first-order valence-electron chi connectivity index (χ1n) is 7.18. The van der Waals surface area contributed by atoms with Crippen LogP contribution in [0.1, 0.15) is 18.1 Å². The number of rotatable bonds is 0. The quantitative estimate of drug-likeness (QED) is 0.806. The zero-order valence-electron chi connectivity index (χ0n) is 11.9. The van der Waals surface area contributed by atoms with Gasteiger partial charge in [-0.25, -0.2) is 8.42 Å². The van der Waals surface area contributed by atoms with Crippen molar-refractivity contribution in [3.63, 3.8) is 0 Å². The molecular formula is C17H13NO4S. The number of fused-ring (bicyclic) bond motifs is 5. The van der Waals surface area contributed by atoms with E-state index < -0.39 is 15.3 Å². The molecule has 0 bridgehead atoms. The van der Waals surface area contributed by atoms with Gasteiger partial charge < -0.3 is 10.1 Å². The molecule has 0 fully saturated rings. The molecule has 0 saturated carbocycles. The van der Waals surface area contributed by atoms with Gasteiger partial charge in [0, 0.05) is 18.1 Å². The zero-order chi connectivity index (χ0) is 15.8. The Morgan fingerprint density at radius 2 is 2.00 bits per heavy atom. The summed E-state index contributed by atoms with van der Waals surface area (Å²) >= 11 is 0. The summed E-state index contributed by atoms with van der Waals surface area (Å²) in [4.78, 5) is 13.0. The van der Waals surface area contributed by atoms with E-state index in [1.807, 2.05) is 24.3 Å². The van der Waals surface area contributed by atoms with E-state index in [1.165, 1.54) is 5.41 Å². The number of hydrogen-bond acceptors (Lipinski definition) is 4. The van der Waals surface area contributed by atoms with Crippen molar-refractivity contribution in [2.75, 3.05) is 11.9 Å². The van der Waals surface area contributed by atoms with Gasteiger partial charge in [0.1, 0.15) is 17.8 Å².